The van der Waals surface area contributed by atoms with Crippen molar-refractivity contribution in [2.24, 2.45) is 14.1 Å². The molecule has 1 N–H and O–H groups in total. The molecule has 0 fully saturated rings. The maximum Gasteiger partial charge on any atom is 0.332 e. The minimum atomic E-state index is -0.426. The van der Waals surface area contributed by atoms with Crippen molar-refractivity contribution < 1.29 is 9.53 Å². The van der Waals surface area contributed by atoms with Gasteiger partial charge < -0.3 is 14.6 Å². The number of nitrogens with zero attached hydrogens (tertiary/aromatic N) is 5. The largest absolute Gasteiger partial charge is 0.497 e. The summed E-state index contributed by atoms with van der Waals surface area (Å²) in [5.74, 6) is 0.612. The molecule has 3 aromatic heterocycles. The van der Waals surface area contributed by atoms with E-state index in [0.717, 1.165) is 26.5 Å². The van der Waals surface area contributed by atoms with Gasteiger partial charge in [0.25, 0.3) is 5.56 Å². The smallest absolute Gasteiger partial charge is 0.332 e. The van der Waals surface area contributed by atoms with Crippen molar-refractivity contribution >= 4 is 33.5 Å². The number of ether oxygens (including phenoxy) is 1. The third kappa shape index (κ3) is 4.31. The summed E-state index contributed by atoms with van der Waals surface area (Å²) in [7, 11) is 4.63. The molecule has 10 nitrogen and oxygen atoms in total. The van der Waals surface area contributed by atoms with Gasteiger partial charge in [-0.3, -0.25) is 18.7 Å². The van der Waals surface area contributed by atoms with Gasteiger partial charge in [0.05, 0.1) is 19.1 Å². The summed E-state index contributed by atoms with van der Waals surface area (Å²) < 4.78 is 9.26. The second-order valence-electron chi connectivity index (χ2n) is 7.62. The van der Waals surface area contributed by atoms with E-state index < -0.39 is 11.2 Å². The van der Waals surface area contributed by atoms with E-state index in [0.29, 0.717) is 29.3 Å². The number of hydrogen-bond acceptors (Lipinski definition) is 7. The van der Waals surface area contributed by atoms with Crippen LogP contribution in [-0.2, 0) is 25.4 Å². The molecule has 3 heterocycles. The molecule has 0 spiro atoms. The minimum absolute atomic E-state index is 0.158. The Labute approximate surface area is 193 Å². The number of nitrogens with one attached hydrogen (secondary N) is 1. The maximum absolute atomic E-state index is 12.5. The van der Waals surface area contributed by atoms with Crippen molar-refractivity contribution in [2.75, 3.05) is 12.4 Å². The monoisotopic (exact) mass is 468 g/mol. The first-order valence-corrected chi connectivity index (χ1v) is 11.1. The number of carbonyl (C=O) groups excluding carboxylic acids is 1. The Morgan fingerprint density at radius 3 is 2.58 bits per heavy atom. The minimum Gasteiger partial charge on any atom is -0.497 e. The molecule has 172 valence electrons. The first kappa shape index (κ1) is 22.5. The number of aromatic nitrogens is 5. The fraction of sp³-hybridized carbons (Fsp3) is 0.318. The third-order valence-corrected chi connectivity index (χ3v) is 6.31. The fourth-order valence-corrected chi connectivity index (χ4v) is 4.48. The SMILES string of the molecule is COc1ccc(-c2nc(NC(=O)CCCn3cnc4c3c(=O)n(C)c(=O)n4C)sc2C)cc1. The normalized spacial score (nSPS) is 11.2. The van der Waals surface area contributed by atoms with Gasteiger partial charge in [0.2, 0.25) is 5.91 Å². The second-order valence-corrected chi connectivity index (χ2v) is 8.82. The molecule has 1 amide bonds. The van der Waals surface area contributed by atoms with Crippen LogP contribution in [0.2, 0.25) is 0 Å². The van der Waals surface area contributed by atoms with Crippen molar-refractivity contribution in [1.82, 2.24) is 23.7 Å². The molecule has 4 rings (SSSR count). The van der Waals surface area contributed by atoms with Crippen LogP contribution < -0.4 is 21.3 Å². The lowest BCUT2D eigenvalue weighted by Crippen LogP contribution is -2.37. The molecular formula is C22H24N6O4S. The zero-order valence-corrected chi connectivity index (χ0v) is 19.6. The molecule has 0 aliphatic rings. The van der Waals surface area contributed by atoms with Gasteiger partial charge in [-0.15, -0.1) is 11.3 Å². The number of amides is 1. The van der Waals surface area contributed by atoms with Crippen molar-refractivity contribution in [3.63, 3.8) is 0 Å². The maximum atomic E-state index is 12.5. The van der Waals surface area contributed by atoms with E-state index >= 15 is 0 Å². The van der Waals surface area contributed by atoms with Crippen LogP contribution in [0.3, 0.4) is 0 Å². The molecule has 0 bridgehead atoms. The van der Waals surface area contributed by atoms with Crippen molar-refractivity contribution in [3.05, 3.63) is 56.3 Å². The van der Waals surface area contributed by atoms with Gasteiger partial charge in [0.1, 0.15) is 5.75 Å². The van der Waals surface area contributed by atoms with Gasteiger partial charge in [0.15, 0.2) is 16.3 Å². The zero-order chi connectivity index (χ0) is 23.7. The molecule has 1 aromatic carbocycles. The Balaban J connectivity index is 1.41. The summed E-state index contributed by atoms with van der Waals surface area (Å²) in [6.45, 7) is 2.39. The highest BCUT2D eigenvalue weighted by Gasteiger charge is 2.15. The van der Waals surface area contributed by atoms with Crippen LogP contribution in [0, 0.1) is 6.92 Å². The van der Waals surface area contributed by atoms with Crippen molar-refractivity contribution in [2.45, 2.75) is 26.3 Å². The van der Waals surface area contributed by atoms with E-state index in [-0.39, 0.29) is 12.3 Å². The molecule has 33 heavy (non-hydrogen) atoms. The molecule has 0 radical (unpaired) electrons. The number of carbonyl (C=O) groups is 1. The Kier molecular flexibility index (Phi) is 6.14. The van der Waals surface area contributed by atoms with Crippen LogP contribution in [0.15, 0.2) is 40.2 Å². The van der Waals surface area contributed by atoms with Crippen LogP contribution in [0.5, 0.6) is 5.75 Å². The summed E-state index contributed by atoms with van der Waals surface area (Å²) in [4.78, 5) is 46.8. The summed E-state index contributed by atoms with van der Waals surface area (Å²) in [5, 5.41) is 3.40. The fourth-order valence-electron chi connectivity index (χ4n) is 3.62. The van der Waals surface area contributed by atoms with Gasteiger partial charge >= 0.3 is 5.69 Å². The van der Waals surface area contributed by atoms with Crippen LogP contribution in [0.25, 0.3) is 22.4 Å². The summed E-state index contributed by atoms with van der Waals surface area (Å²) >= 11 is 1.42. The highest BCUT2D eigenvalue weighted by Crippen LogP contribution is 2.31. The van der Waals surface area contributed by atoms with Gasteiger partial charge in [-0.05, 0) is 37.6 Å². The molecule has 4 aromatic rings. The van der Waals surface area contributed by atoms with Gasteiger partial charge in [-0.1, -0.05) is 0 Å². The van der Waals surface area contributed by atoms with Gasteiger partial charge in [-0.25, -0.2) is 14.8 Å². The predicted octanol–water partition coefficient (Wildman–Crippen LogP) is 2.29. The number of hydrogen-bond donors (Lipinski definition) is 1. The van der Waals surface area contributed by atoms with Crippen LogP contribution in [0.4, 0.5) is 5.13 Å². The van der Waals surface area contributed by atoms with E-state index in [1.807, 2.05) is 31.2 Å². The average molecular weight is 469 g/mol. The Hall–Kier alpha value is -3.73. The lowest BCUT2D eigenvalue weighted by atomic mass is 10.1. The van der Waals surface area contributed by atoms with Crippen molar-refractivity contribution in [1.29, 1.82) is 0 Å². The number of thiazole rings is 1. The van der Waals surface area contributed by atoms with Crippen LogP contribution in [-0.4, -0.2) is 36.7 Å². The molecule has 0 saturated heterocycles. The number of anilines is 1. The van der Waals surface area contributed by atoms with Crippen molar-refractivity contribution in [3.8, 4) is 17.0 Å². The molecule has 0 aliphatic carbocycles. The standard InChI is InChI=1S/C22H24N6O4S/c1-13-17(14-7-9-15(32-4)10-8-14)25-21(33-13)24-16(29)6-5-11-28-12-23-19-18(28)20(30)27(3)22(31)26(19)2/h7-10,12H,5-6,11H2,1-4H3,(H,24,25,29). The van der Waals surface area contributed by atoms with E-state index in [1.165, 1.54) is 29.3 Å². The molecule has 11 heteroatoms. The lowest BCUT2D eigenvalue weighted by molar-refractivity contribution is -0.116. The molecule has 0 atom stereocenters. The van der Waals surface area contributed by atoms with Crippen LogP contribution in [0.1, 0.15) is 17.7 Å². The molecule has 0 saturated carbocycles. The molecule has 0 unspecified atom stereocenters. The lowest BCUT2D eigenvalue weighted by Gasteiger charge is -2.06. The Morgan fingerprint density at radius 2 is 1.88 bits per heavy atom. The first-order chi connectivity index (χ1) is 15.8. The highest BCUT2D eigenvalue weighted by molar-refractivity contribution is 7.16. The first-order valence-electron chi connectivity index (χ1n) is 10.3. The topological polar surface area (TPSA) is 113 Å². The zero-order valence-electron chi connectivity index (χ0n) is 18.8. The van der Waals surface area contributed by atoms with Gasteiger partial charge in [0, 0.05) is 37.5 Å². The molecule has 0 aliphatic heterocycles. The Bertz CT molecular complexity index is 1440. The van der Waals surface area contributed by atoms with E-state index in [9.17, 15) is 14.4 Å². The van der Waals surface area contributed by atoms with Crippen LogP contribution >= 0.6 is 11.3 Å². The number of methoxy groups -OCH3 is 1. The van der Waals surface area contributed by atoms with E-state index in [2.05, 4.69) is 15.3 Å². The quantitative estimate of drug-likeness (QED) is 0.445. The number of benzene rings is 1. The summed E-state index contributed by atoms with van der Waals surface area (Å²) in [5.41, 5.74) is 1.62. The highest BCUT2D eigenvalue weighted by atomic mass is 32.1. The number of rotatable bonds is 7. The summed E-state index contributed by atoms with van der Waals surface area (Å²) in [6.07, 6.45) is 2.27. The predicted molar refractivity (Wildman–Crippen MR) is 127 cm³/mol. The number of imidazole rings is 1. The Morgan fingerprint density at radius 1 is 1.15 bits per heavy atom. The number of fused-ring (bicyclic) bond motifs is 1. The molecular weight excluding hydrogens is 444 g/mol. The number of aryl methyl sites for hydroxylation is 3. The van der Waals surface area contributed by atoms with E-state index in [1.54, 1.807) is 18.7 Å². The third-order valence-electron chi connectivity index (χ3n) is 5.43. The van der Waals surface area contributed by atoms with Gasteiger partial charge in [-0.2, -0.15) is 0 Å². The average Bonchev–Trinajstić information content (AvgIpc) is 3.39. The summed E-state index contributed by atoms with van der Waals surface area (Å²) in [6, 6.07) is 7.61. The second kappa shape index (κ2) is 9.02. The van der Waals surface area contributed by atoms with E-state index in [4.69, 9.17) is 4.74 Å².